The van der Waals surface area contributed by atoms with Crippen molar-refractivity contribution in [1.29, 1.82) is 0 Å². The van der Waals surface area contributed by atoms with Crippen LogP contribution >= 0.6 is 15.9 Å². The molecule has 0 aromatic heterocycles. The van der Waals surface area contributed by atoms with Crippen molar-refractivity contribution in [3.8, 4) is 5.75 Å². The Kier molecular flexibility index (Phi) is 6.44. The van der Waals surface area contributed by atoms with Gasteiger partial charge in [0.05, 0.1) is 15.5 Å². The van der Waals surface area contributed by atoms with Crippen LogP contribution in [0.15, 0.2) is 22.7 Å². The van der Waals surface area contributed by atoms with Gasteiger partial charge in [0.2, 0.25) is 0 Å². The molecule has 1 amide bonds. The molecule has 0 radical (unpaired) electrons. The third kappa shape index (κ3) is 4.80. The van der Waals surface area contributed by atoms with Crippen LogP contribution in [0.3, 0.4) is 0 Å². The van der Waals surface area contributed by atoms with Crippen molar-refractivity contribution >= 4 is 27.5 Å². The first kappa shape index (κ1) is 16.4. The second-order valence-electron chi connectivity index (χ2n) is 4.28. The number of non-ortho nitro benzene ring substituents is 1. The number of carbonyl (C=O) groups is 1. The molecule has 6 nitrogen and oxygen atoms in total. The lowest BCUT2D eigenvalue weighted by atomic mass is 10.3. The van der Waals surface area contributed by atoms with Crippen molar-refractivity contribution in [3.63, 3.8) is 0 Å². The first-order chi connectivity index (χ1) is 9.45. The van der Waals surface area contributed by atoms with Crippen molar-refractivity contribution in [2.45, 2.75) is 32.8 Å². The molecule has 0 aliphatic carbocycles. The first-order valence-electron chi connectivity index (χ1n) is 6.34. The number of benzene rings is 1. The molecule has 0 saturated heterocycles. The van der Waals surface area contributed by atoms with E-state index in [1.165, 1.54) is 18.2 Å². The van der Waals surface area contributed by atoms with Gasteiger partial charge in [0.1, 0.15) is 5.75 Å². The van der Waals surface area contributed by atoms with Crippen LogP contribution in [0, 0.1) is 10.1 Å². The van der Waals surface area contributed by atoms with E-state index in [0.29, 0.717) is 11.0 Å². The largest absolute Gasteiger partial charge is 0.479 e. The number of nitro groups is 1. The standard InChI is InChI=1S/C13H17BrN2O4/c1-3-4-7-15-13(17)9(2)20-12-8-10(16(18)19)5-6-11(12)14/h5-6,8-9H,3-4,7H2,1-2H3,(H,15,17). The molecule has 0 heterocycles. The van der Waals surface area contributed by atoms with E-state index >= 15 is 0 Å². The highest BCUT2D eigenvalue weighted by Crippen LogP contribution is 2.30. The Morgan fingerprint density at radius 1 is 1.55 bits per heavy atom. The summed E-state index contributed by atoms with van der Waals surface area (Å²) in [6.07, 6.45) is 1.18. The van der Waals surface area contributed by atoms with Crippen LogP contribution in [-0.2, 0) is 4.79 Å². The third-order valence-corrected chi connectivity index (χ3v) is 3.28. The number of nitro benzene ring substituents is 1. The lowest BCUT2D eigenvalue weighted by molar-refractivity contribution is -0.385. The number of hydrogen-bond donors (Lipinski definition) is 1. The van der Waals surface area contributed by atoms with Crippen LogP contribution in [0.25, 0.3) is 0 Å². The van der Waals surface area contributed by atoms with Crippen molar-refractivity contribution < 1.29 is 14.5 Å². The van der Waals surface area contributed by atoms with Crippen molar-refractivity contribution in [2.24, 2.45) is 0 Å². The molecule has 0 spiro atoms. The second kappa shape index (κ2) is 7.84. The summed E-state index contributed by atoms with van der Waals surface area (Å²) < 4.78 is 6.03. The van der Waals surface area contributed by atoms with Gasteiger partial charge < -0.3 is 10.1 Å². The zero-order valence-corrected chi connectivity index (χ0v) is 13.0. The monoisotopic (exact) mass is 344 g/mol. The van der Waals surface area contributed by atoms with E-state index in [4.69, 9.17) is 4.74 Å². The van der Waals surface area contributed by atoms with Crippen LogP contribution < -0.4 is 10.1 Å². The maximum atomic E-state index is 11.8. The van der Waals surface area contributed by atoms with Gasteiger partial charge in [-0.1, -0.05) is 13.3 Å². The van der Waals surface area contributed by atoms with Crippen LogP contribution in [0.4, 0.5) is 5.69 Å². The number of ether oxygens (including phenoxy) is 1. The summed E-state index contributed by atoms with van der Waals surface area (Å²) in [4.78, 5) is 22.0. The normalized spacial score (nSPS) is 11.8. The Bertz CT molecular complexity index is 493. The quantitative estimate of drug-likeness (QED) is 0.468. The average molecular weight is 345 g/mol. The number of nitrogens with zero attached hydrogens (tertiary/aromatic N) is 1. The summed E-state index contributed by atoms with van der Waals surface area (Å²) in [5.74, 6) is 0.0363. The summed E-state index contributed by atoms with van der Waals surface area (Å²) in [6.45, 7) is 4.23. The fraction of sp³-hybridized carbons (Fsp3) is 0.462. The predicted octanol–water partition coefficient (Wildman–Crippen LogP) is 3.04. The minimum atomic E-state index is -0.717. The number of unbranched alkanes of at least 4 members (excludes halogenated alkanes) is 1. The van der Waals surface area contributed by atoms with E-state index in [2.05, 4.69) is 21.2 Å². The van der Waals surface area contributed by atoms with Gasteiger partial charge in [0, 0.05) is 12.6 Å². The molecular formula is C13H17BrN2O4. The second-order valence-corrected chi connectivity index (χ2v) is 5.13. The maximum absolute atomic E-state index is 11.8. The molecule has 0 saturated carbocycles. The minimum Gasteiger partial charge on any atom is -0.479 e. The smallest absolute Gasteiger partial charge is 0.273 e. The van der Waals surface area contributed by atoms with Gasteiger partial charge >= 0.3 is 0 Å². The van der Waals surface area contributed by atoms with Gasteiger partial charge in [-0.3, -0.25) is 14.9 Å². The number of amides is 1. The van der Waals surface area contributed by atoms with Gasteiger partial charge in [-0.15, -0.1) is 0 Å². The van der Waals surface area contributed by atoms with Crippen LogP contribution in [-0.4, -0.2) is 23.5 Å². The molecule has 1 N–H and O–H groups in total. The zero-order valence-electron chi connectivity index (χ0n) is 11.4. The van der Waals surface area contributed by atoms with Gasteiger partial charge in [-0.25, -0.2) is 0 Å². The summed E-state index contributed by atoms with van der Waals surface area (Å²) in [7, 11) is 0. The summed E-state index contributed by atoms with van der Waals surface area (Å²) >= 11 is 3.24. The summed E-state index contributed by atoms with van der Waals surface area (Å²) in [5, 5.41) is 13.5. The lowest BCUT2D eigenvalue weighted by Crippen LogP contribution is -2.36. The van der Waals surface area contributed by atoms with Crippen molar-refractivity contribution in [3.05, 3.63) is 32.8 Å². The zero-order chi connectivity index (χ0) is 15.1. The Labute approximate surface area is 125 Å². The molecule has 1 atom stereocenters. The third-order valence-electron chi connectivity index (χ3n) is 2.63. The van der Waals surface area contributed by atoms with E-state index in [1.54, 1.807) is 6.92 Å². The molecule has 1 rings (SSSR count). The molecule has 1 aromatic carbocycles. The van der Waals surface area contributed by atoms with Gasteiger partial charge in [-0.05, 0) is 35.3 Å². The molecule has 0 bridgehead atoms. The summed E-state index contributed by atoms with van der Waals surface area (Å²) in [5.41, 5.74) is -0.0817. The van der Waals surface area contributed by atoms with Gasteiger partial charge in [-0.2, -0.15) is 0 Å². The Balaban J connectivity index is 2.69. The number of carbonyl (C=O) groups excluding carboxylic acids is 1. The topological polar surface area (TPSA) is 81.5 Å². The number of rotatable bonds is 7. The molecule has 0 aliphatic heterocycles. The molecule has 7 heteroatoms. The van der Waals surface area contributed by atoms with Crippen LogP contribution in [0.1, 0.15) is 26.7 Å². The van der Waals surface area contributed by atoms with E-state index in [-0.39, 0.29) is 17.3 Å². The SMILES string of the molecule is CCCCNC(=O)C(C)Oc1cc([N+](=O)[O-])ccc1Br. The highest BCUT2D eigenvalue weighted by molar-refractivity contribution is 9.10. The highest BCUT2D eigenvalue weighted by atomic mass is 79.9. The van der Waals surface area contributed by atoms with E-state index < -0.39 is 11.0 Å². The molecule has 1 aromatic rings. The molecule has 110 valence electrons. The Hall–Kier alpha value is -1.63. The van der Waals surface area contributed by atoms with Gasteiger partial charge in [0.25, 0.3) is 11.6 Å². The molecule has 1 unspecified atom stereocenters. The van der Waals surface area contributed by atoms with E-state index in [0.717, 1.165) is 12.8 Å². The Morgan fingerprint density at radius 2 is 2.25 bits per heavy atom. The summed E-state index contributed by atoms with van der Waals surface area (Å²) in [6, 6.07) is 4.18. The molecule has 20 heavy (non-hydrogen) atoms. The predicted molar refractivity (Wildman–Crippen MR) is 78.8 cm³/mol. The van der Waals surface area contributed by atoms with Crippen LogP contribution in [0.2, 0.25) is 0 Å². The van der Waals surface area contributed by atoms with Gasteiger partial charge in [0.15, 0.2) is 6.10 Å². The lowest BCUT2D eigenvalue weighted by Gasteiger charge is -2.15. The number of nitrogens with one attached hydrogen (secondary N) is 1. The Morgan fingerprint density at radius 3 is 2.85 bits per heavy atom. The number of halogens is 1. The van der Waals surface area contributed by atoms with Crippen molar-refractivity contribution in [2.75, 3.05) is 6.54 Å². The fourth-order valence-electron chi connectivity index (χ4n) is 1.47. The molecule has 0 fully saturated rings. The number of hydrogen-bond acceptors (Lipinski definition) is 4. The fourth-order valence-corrected chi connectivity index (χ4v) is 1.81. The van der Waals surface area contributed by atoms with Crippen molar-refractivity contribution in [1.82, 2.24) is 5.32 Å². The first-order valence-corrected chi connectivity index (χ1v) is 7.13. The van der Waals surface area contributed by atoms with E-state index in [9.17, 15) is 14.9 Å². The highest BCUT2D eigenvalue weighted by Gasteiger charge is 2.17. The molecular weight excluding hydrogens is 328 g/mol. The van der Waals surface area contributed by atoms with Crippen LogP contribution in [0.5, 0.6) is 5.75 Å². The molecule has 0 aliphatic rings. The van der Waals surface area contributed by atoms with E-state index in [1.807, 2.05) is 6.92 Å². The maximum Gasteiger partial charge on any atom is 0.273 e. The minimum absolute atomic E-state index is 0.0817. The average Bonchev–Trinajstić information content (AvgIpc) is 2.41.